The van der Waals surface area contributed by atoms with Crippen molar-refractivity contribution in [3.8, 4) is 11.5 Å². The number of rotatable bonds is 7. The van der Waals surface area contributed by atoms with Gasteiger partial charge in [-0.05, 0) is 42.0 Å². The van der Waals surface area contributed by atoms with E-state index in [0.717, 1.165) is 10.6 Å². The molecule has 0 atom stereocenters. The molecular weight excluding hydrogens is 418 g/mol. The number of anilines is 3. The van der Waals surface area contributed by atoms with E-state index < -0.39 is 11.8 Å². The first-order valence-electron chi connectivity index (χ1n) is 10.4. The minimum atomic E-state index is -0.459. The normalized spacial score (nSPS) is 13.4. The molecule has 1 N–H and O–H groups in total. The largest absolute Gasteiger partial charge is 0.497 e. The van der Waals surface area contributed by atoms with Crippen LogP contribution in [0.25, 0.3) is 5.57 Å². The van der Waals surface area contributed by atoms with E-state index in [0.29, 0.717) is 34.0 Å². The molecule has 0 fully saturated rings. The maximum Gasteiger partial charge on any atom is 0.282 e. The third-order valence-electron chi connectivity index (χ3n) is 5.43. The Bertz CT molecular complexity index is 1220. The van der Waals surface area contributed by atoms with Crippen molar-refractivity contribution in [1.29, 1.82) is 0 Å². The van der Waals surface area contributed by atoms with E-state index in [2.05, 4.69) is 5.32 Å². The average Bonchev–Trinajstić information content (AvgIpc) is 3.08. The number of imide groups is 1. The highest BCUT2D eigenvalue weighted by Gasteiger charge is 2.41. The highest BCUT2D eigenvalue weighted by atomic mass is 16.5. The summed E-state index contributed by atoms with van der Waals surface area (Å²) in [6.45, 7) is 0. The number of methoxy groups -OCH3 is 2. The number of hydrogen-bond acceptors (Lipinski definition) is 6. The van der Waals surface area contributed by atoms with Crippen molar-refractivity contribution in [2.75, 3.05) is 43.4 Å². The van der Waals surface area contributed by atoms with Crippen molar-refractivity contribution < 1.29 is 19.1 Å². The second-order valence-corrected chi connectivity index (χ2v) is 7.67. The van der Waals surface area contributed by atoms with Gasteiger partial charge in [-0.1, -0.05) is 30.3 Å². The molecule has 3 aromatic carbocycles. The number of nitrogens with zero attached hydrogens (tertiary/aromatic N) is 2. The molecule has 0 bridgehead atoms. The summed E-state index contributed by atoms with van der Waals surface area (Å²) in [4.78, 5) is 30.3. The lowest BCUT2D eigenvalue weighted by atomic mass is 10.0. The van der Waals surface area contributed by atoms with E-state index >= 15 is 0 Å². The summed E-state index contributed by atoms with van der Waals surface area (Å²) in [6, 6.07) is 21.8. The molecule has 2 amide bonds. The maximum absolute atomic E-state index is 13.6. The number of amides is 2. The average molecular weight is 444 g/mol. The molecule has 0 saturated heterocycles. The molecule has 7 nitrogen and oxygen atoms in total. The van der Waals surface area contributed by atoms with Crippen LogP contribution in [0.15, 0.2) is 78.5 Å². The summed E-state index contributed by atoms with van der Waals surface area (Å²) < 4.78 is 10.7. The zero-order chi connectivity index (χ0) is 23.5. The van der Waals surface area contributed by atoms with Crippen molar-refractivity contribution in [1.82, 2.24) is 0 Å². The van der Waals surface area contributed by atoms with E-state index in [9.17, 15) is 9.59 Å². The highest BCUT2D eigenvalue weighted by Crippen LogP contribution is 2.39. The molecule has 1 heterocycles. The summed E-state index contributed by atoms with van der Waals surface area (Å²) >= 11 is 0. The first kappa shape index (κ1) is 22.0. The molecule has 0 aliphatic carbocycles. The van der Waals surface area contributed by atoms with Crippen LogP contribution in [-0.4, -0.2) is 40.1 Å². The van der Waals surface area contributed by atoms with Gasteiger partial charge in [0.25, 0.3) is 11.8 Å². The third-order valence-corrected chi connectivity index (χ3v) is 5.43. The van der Waals surface area contributed by atoms with Crippen molar-refractivity contribution >= 4 is 34.4 Å². The number of carbonyl (C=O) groups excluding carboxylic acids is 2. The highest BCUT2D eigenvalue weighted by molar-refractivity contribution is 6.46. The standard InChI is InChI=1S/C26H25N3O4/c1-28(2)19-12-10-18(11-13-19)27-24-23(17-8-6-5-7-9-17)25(30)29(26(24)31)21-15-14-20(32-3)16-22(21)33-4/h5-16,27H,1-4H3. The van der Waals surface area contributed by atoms with Crippen molar-refractivity contribution in [3.63, 3.8) is 0 Å². The van der Waals surface area contributed by atoms with Gasteiger partial charge < -0.3 is 19.7 Å². The number of benzene rings is 3. The number of nitrogens with one attached hydrogen (secondary N) is 1. The predicted molar refractivity (Wildman–Crippen MR) is 130 cm³/mol. The summed E-state index contributed by atoms with van der Waals surface area (Å²) in [7, 11) is 6.94. The summed E-state index contributed by atoms with van der Waals surface area (Å²) in [5, 5.41) is 3.18. The molecule has 1 aliphatic heterocycles. The molecular formula is C26H25N3O4. The zero-order valence-electron chi connectivity index (χ0n) is 19.0. The van der Waals surface area contributed by atoms with Crippen LogP contribution in [0.2, 0.25) is 0 Å². The van der Waals surface area contributed by atoms with Gasteiger partial charge in [-0.25, -0.2) is 4.90 Å². The fourth-order valence-electron chi connectivity index (χ4n) is 3.69. The van der Waals surface area contributed by atoms with Crippen LogP contribution in [-0.2, 0) is 9.59 Å². The predicted octanol–water partition coefficient (Wildman–Crippen LogP) is 4.17. The van der Waals surface area contributed by atoms with Gasteiger partial charge in [-0.2, -0.15) is 0 Å². The Hall–Kier alpha value is -4.26. The zero-order valence-corrected chi connectivity index (χ0v) is 19.0. The molecule has 0 unspecified atom stereocenters. The van der Waals surface area contributed by atoms with Crippen LogP contribution in [0.1, 0.15) is 5.56 Å². The first-order chi connectivity index (χ1) is 15.9. The van der Waals surface area contributed by atoms with Crippen LogP contribution >= 0.6 is 0 Å². The van der Waals surface area contributed by atoms with E-state index in [1.165, 1.54) is 7.11 Å². The van der Waals surface area contributed by atoms with Crippen LogP contribution < -0.4 is 24.6 Å². The lowest BCUT2D eigenvalue weighted by Gasteiger charge is -2.19. The van der Waals surface area contributed by atoms with E-state index in [4.69, 9.17) is 9.47 Å². The molecule has 168 valence electrons. The van der Waals surface area contributed by atoms with Gasteiger partial charge in [0, 0.05) is 31.5 Å². The summed E-state index contributed by atoms with van der Waals surface area (Å²) in [6.07, 6.45) is 0. The van der Waals surface area contributed by atoms with Gasteiger partial charge in [0.05, 0.1) is 25.5 Å². The first-order valence-corrected chi connectivity index (χ1v) is 10.4. The molecule has 0 aromatic heterocycles. The van der Waals surface area contributed by atoms with Gasteiger partial charge in [0.15, 0.2) is 0 Å². The number of hydrogen-bond donors (Lipinski definition) is 1. The number of ether oxygens (including phenoxy) is 2. The van der Waals surface area contributed by atoms with Gasteiger partial charge in [0.2, 0.25) is 0 Å². The van der Waals surface area contributed by atoms with Gasteiger partial charge in [0.1, 0.15) is 17.2 Å². The van der Waals surface area contributed by atoms with Crippen molar-refractivity contribution in [2.24, 2.45) is 0 Å². The Morgan fingerprint density at radius 3 is 2.12 bits per heavy atom. The Kier molecular flexibility index (Phi) is 6.04. The third kappa shape index (κ3) is 4.13. The Labute approximate surface area is 192 Å². The van der Waals surface area contributed by atoms with Crippen LogP contribution in [0.4, 0.5) is 17.1 Å². The second kappa shape index (κ2) is 9.08. The summed E-state index contributed by atoms with van der Waals surface area (Å²) in [5.41, 5.74) is 3.24. The Balaban J connectivity index is 1.79. The number of carbonyl (C=O) groups is 2. The van der Waals surface area contributed by atoms with Crippen molar-refractivity contribution in [2.45, 2.75) is 0 Å². The molecule has 33 heavy (non-hydrogen) atoms. The maximum atomic E-state index is 13.6. The molecule has 0 saturated carbocycles. The quantitative estimate of drug-likeness (QED) is 0.553. The smallest absolute Gasteiger partial charge is 0.282 e. The molecule has 1 aliphatic rings. The minimum Gasteiger partial charge on any atom is -0.497 e. The lowest BCUT2D eigenvalue weighted by molar-refractivity contribution is -0.120. The van der Waals surface area contributed by atoms with E-state index in [1.54, 1.807) is 25.3 Å². The SMILES string of the molecule is COc1ccc(N2C(=O)C(Nc3ccc(N(C)C)cc3)=C(c3ccccc3)C2=O)c(OC)c1. The van der Waals surface area contributed by atoms with Gasteiger partial charge >= 0.3 is 0 Å². The Morgan fingerprint density at radius 2 is 1.52 bits per heavy atom. The van der Waals surface area contributed by atoms with Gasteiger partial charge in [-0.3, -0.25) is 9.59 Å². The second-order valence-electron chi connectivity index (χ2n) is 7.67. The van der Waals surface area contributed by atoms with Crippen LogP contribution in [0.5, 0.6) is 11.5 Å². The van der Waals surface area contributed by atoms with Crippen LogP contribution in [0.3, 0.4) is 0 Å². The summed E-state index contributed by atoms with van der Waals surface area (Å²) in [5.74, 6) is 0.0337. The fraction of sp³-hybridized carbons (Fsp3) is 0.154. The topological polar surface area (TPSA) is 71.1 Å². The van der Waals surface area contributed by atoms with E-state index in [1.807, 2.05) is 73.6 Å². The molecule has 4 rings (SSSR count). The van der Waals surface area contributed by atoms with Gasteiger partial charge in [-0.15, -0.1) is 0 Å². The van der Waals surface area contributed by atoms with Crippen molar-refractivity contribution in [3.05, 3.63) is 84.1 Å². The fourth-order valence-corrected chi connectivity index (χ4v) is 3.69. The molecule has 7 heteroatoms. The lowest BCUT2D eigenvalue weighted by Crippen LogP contribution is -2.32. The Morgan fingerprint density at radius 1 is 0.818 bits per heavy atom. The molecule has 3 aromatic rings. The molecule has 0 spiro atoms. The monoisotopic (exact) mass is 443 g/mol. The van der Waals surface area contributed by atoms with Crippen LogP contribution in [0, 0.1) is 0 Å². The molecule has 0 radical (unpaired) electrons. The van der Waals surface area contributed by atoms with E-state index in [-0.39, 0.29) is 5.70 Å². The minimum absolute atomic E-state index is 0.210.